The molecule has 0 saturated heterocycles. The second-order valence-electron chi connectivity index (χ2n) is 6.46. The monoisotopic (exact) mass is 267 g/mol. The van der Waals surface area contributed by atoms with E-state index in [0.29, 0.717) is 6.04 Å². The maximum Gasteiger partial charge on any atom is 0.0289 e. The Labute approximate surface area is 123 Å². The van der Waals surface area contributed by atoms with E-state index >= 15 is 0 Å². The van der Waals surface area contributed by atoms with Gasteiger partial charge in [-0.25, -0.2) is 0 Å². The molecule has 2 aromatic rings. The van der Waals surface area contributed by atoms with Crippen molar-refractivity contribution in [1.82, 2.24) is 5.32 Å². The predicted octanol–water partition coefficient (Wildman–Crippen LogP) is 4.93. The number of hydrogen-bond acceptors (Lipinski definition) is 1. The molecular weight excluding hydrogens is 242 g/mol. The highest BCUT2D eigenvalue weighted by Crippen LogP contribution is 2.27. The van der Waals surface area contributed by atoms with Crippen molar-refractivity contribution >= 4 is 0 Å². The number of benzene rings is 2. The van der Waals surface area contributed by atoms with Crippen molar-refractivity contribution in [3.63, 3.8) is 0 Å². The van der Waals surface area contributed by atoms with E-state index in [1.54, 1.807) is 0 Å². The van der Waals surface area contributed by atoms with Gasteiger partial charge in [0.1, 0.15) is 0 Å². The zero-order chi connectivity index (χ0) is 14.8. The molecule has 0 aliphatic rings. The molecule has 0 bridgehead atoms. The van der Waals surface area contributed by atoms with Crippen molar-refractivity contribution in [2.45, 2.75) is 39.2 Å². The third kappa shape index (κ3) is 3.29. The Kier molecular flexibility index (Phi) is 4.29. The van der Waals surface area contributed by atoms with Crippen LogP contribution in [0, 0.1) is 0 Å². The molecule has 0 fully saturated rings. The van der Waals surface area contributed by atoms with Gasteiger partial charge in [-0.15, -0.1) is 0 Å². The van der Waals surface area contributed by atoms with Gasteiger partial charge in [0.15, 0.2) is 0 Å². The molecule has 1 unspecified atom stereocenters. The van der Waals surface area contributed by atoms with Crippen LogP contribution in [0.5, 0.6) is 0 Å². The zero-order valence-electron chi connectivity index (χ0n) is 13.2. The third-order valence-electron chi connectivity index (χ3n) is 3.90. The second kappa shape index (κ2) is 5.80. The first-order chi connectivity index (χ1) is 9.41. The van der Waals surface area contributed by atoms with Gasteiger partial charge in [-0.2, -0.15) is 0 Å². The summed E-state index contributed by atoms with van der Waals surface area (Å²) in [7, 11) is 2.00. The number of hydrogen-bond donors (Lipinski definition) is 1. The van der Waals surface area contributed by atoms with Gasteiger partial charge in [-0.05, 0) is 47.7 Å². The van der Waals surface area contributed by atoms with Crippen LogP contribution in [0.3, 0.4) is 0 Å². The minimum atomic E-state index is 0.209. The van der Waals surface area contributed by atoms with E-state index < -0.39 is 0 Å². The fourth-order valence-electron chi connectivity index (χ4n) is 2.32. The van der Waals surface area contributed by atoms with E-state index in [-0.39, 0.29) is 5.41 Å². The van der Waals surface area contributed by atoms with Crippen molar-refractivity contribution < 1.29 is 0 Å². The normalized spacial score (nSPS) is 13.2. The van der Waals surface area contributed by atoms with E-state index in [2.05, 4.69) is 81.5 Å². The highest BCUT2D eigenvalue weighted by Gasteiger charge is 2.13. The van der Waals surface area contributed by atoms with Gasteiger partial charge in [0.05, 0.1) is 0 Å². The summed E-state index contributed by atoms with van der Waals surface area (Å²) >= 11 is 0. The van der Waals surface area contributed by atoms with E-state index in [9.17, 15) is 0 Å². The molecule has 2 rings (SSSR count). The SMILES string of the molecule is CNC(C)c1cccc(-c2ccc(C(C)(C)C)cc2)c1. The Morgan fingerprint density at radius 1 is 0.900 bits per heavy atom. The van der Waals surface area contributed by atoms with Crippen LogP contribution < -0.4 is 5.32 Å². The predicted molar refractivity (Wildman–Crippen MR) is 88.1 cm³/mol. The molecule has 1 heteroatoms. The summed E-state index contributed by atoms with van der Waals surface area (Å²) in [6, 6.07) is 18.1. The Balaban J connectivity index is 2.32. The molecule has 0 spiro atoms. The maximum atomic E-state index is 3.29. The topological polar surface area (TPSA) is 12.0 Å². The van der Waals surface area contributed by atoms with Gasteiger partial charge in [-0.3, -0.25) is 0 Å². The van der Waals surface area contributed by atoms with Crippen LogP contribution in [0.4, 0.5) is 0 Å². The molecule has 1 N–H and O–H groups in total. The average molecular weight is 267 g/mol. The minimum absolute atomic E-state index is 0.209. The van der Waals surface area contributed by atoms with Crippen LogP contribution in [-0.2, 0) is 5.41 Å². The first-order valence-electron chi connectivity index (χ1n) is 7.30. The second-order valence-corrected chi connectivity index (χ2v) is 6.46. The van der Waals surface area contributed by atoms with Gasteiger partial charge < -0.3 is 5.32 Å². The lowest BCUT2D eigenvalue weighted by Gasteiger charge is -2.19. The van der Waals surface area contributed by atoms with Crippen LogP contribution >= 0.6 is 0 Å². The summed E-state index contributed by atoms with van der Waals surface area (Å²) in [5, 5.41) is 3.29. The van der Waals surface area contributed by atoms with Crippen molar-refractivity contribution in [2.75, 3.05) is 7.05 Å². The molecule has 0 aromatic heterocycles. The van der Waals surface area contributed by atoms with Gasteiger partial charge >= 0.3 is 0 Å². The Morgan fingerprint density at radius 3 is 2.10 bits per heavy atom. The van der Waals surface area contributed by atoms with Crippen LogP contribution in [0.2, 0.25) is 0 Å². The standard InChI is InChI=1S/C19H25N/c1-14(20-5)16-7-6-8-17(13-16)15-9-11-18(12-10-15)19(2,3)4/h6-14,20H,1-5H3. The molecule has 0 saturated carbocycles. The lowest BCUT2D eigenvalue weighted by molar-refractivity contribution is 0.590. The molecule has 106 valence electrons. The summed E-state index contributed by atoms with van der Waals surface area (Å²) in [5.74, 6) is 0. The molecule has 0 aliphatic carbocycles. The Morgan fingerprint density at radius 2 is 1.55 bits per heavy atom. The first-order valence-corrected chi connectivity index (χ1v) is 7.30. The Hall–Kier alpha value is -1.60. The van der Waals surface area contributed by atoms with Crippen LogP contribution in [-0.4, -0.2) is 7.05 Å². The van der Waals surface area contributed by atoms with Crippen molar-refractivity contribution in [1.29, 1.82) is 0 Å². The van der Waals surface area contributed by atoms with Crippen molar-refractivity contribution in [3.05, 3.63) is 59.7 Å². The van der Waals surface area contributed by atoms with E-state index in [4.69, 9.17) is 0 Å². The van der Waals surface area contributed by atoms with E-state index in [1.165, 1.54) is 22.3 Å². The lowest BCUT2D eigenvalue weighted by atomic mass is 9.86. The van der Waals surface area contributed by atoms with Crippen LogP contribution in [0.1, 0.15) is 44.9 Å². The molecule has 0 amide bonds. The third-order valence-corrected chi connectivity index (χ3v) is 3.90. The molecular formula is C19H25N. The first kappa shape index (κ1) is 14.8. The molecule has 0 aliphatic heterocycles. The molecule has 1 atom stereocenters. The van der Waals surface area contributed by atoms with Gasteiger partial charge in [0.2, 0.25) is 0 Å². The summed E-state index contributed by atoms with van der Waals surface area (Å²) in [4.78, 5) is 0. The Bertz CT molecular complexity index is 561. The number of nitrogens with one attached hydrogen (secondary N) is 1. The summed E-state index contributed by atoms with van der Waals surface area (Å²) in [6.07, 6.45) is 0. The largest absolute Gasteiger partial charge is 0.313 e. The van der Waals surface area contributed by atoms with Crippen LogP contribution in [0.15, 0.2) is 48.5 Å². The maximum absolute atomic E-state index is 3.29. The van der Waals surface area contributed by atoms with E-state index in [0.717, 1.165) is 0 Å². The fraction of sp³-hybridized carbons (Fsp3) is 0.368. The number of rotatable bonds is 3. The summed E-state index contributed by atoms with van der Waals surface area (Å²) in [6.45, 7) is 8.92. The van der Waals surface area contributed by atoms with Gasteiger partial charge in [-0.1, -0.05) is 63.2 Å². The summed E-state index contributed by atoms with van der Waals surface area (Å²) < 4.78 is 0. The van der Waals surface area contributed by atoms with Crippen molar-refractivity contribution in [2.24, 2.45) is 0 Å². The quantitative estimate of drug-likeness (QED) is 0.831. The molecule has 2 aromatic carbocycles. The fourth-order valence-corrected chi connectivity index (χ4v) is 2.32. The molecule has 0 radical (unpaired) electrons. The van der Waals surface area contributed by atoms with Crippen molar-refractivity contribution in [3.8, 4) is 11.1 Å². The molecule has 20 heavy (non-hydrogen) atoms. The van der Waals surface area contributed by atoms with Gasteiger partial charge in [0.25, 0.3) is 0 Å². The van der Waals surface area contributed by atoms with E-state index in [1.807, 2.05) is 7.05 Å². The van der Waals surface area contributed by atoms with Crippen LogP contribution in [0.25, 0.3) is 11.1 Å². The highest BCUT2D eigenvalue weighted by atomic mass is 14.8. The minimum Gasteiger partial charge on any atom is -0.313 e. The molecule has 0 heterocycles. The average Bonchev–Trinajstić information content (AvgIpc) is 2.46. The highest BCUT2D eigenvalue weighted by molar-refractivity contribution is 5.64. The summed E-state index contributed by atoms with van der Waals surface area (Å²) in [5.41, 5.74) is 5.47. The van der Waals surface area contributed by atoms with Gasteiger partial charge in [0, 0.05) is 6.04 Å². The zero-order valence-corrected chi connectivity index (χ0v) is 13.2. The molecule has 1 nitrogen and oxygen atoms in total. The lowest BCUT2D eigenvalue weighted by Crippen LogP contribution is -2.12. The smallest absolute Gasteiger partial charge is 0.0289 e.